The molecule has 2 N–H and O–H groups in total. The number of rotatable bonds is 6. The molecule has 0 radical (unpaired) electrons. The maximum absolute atomic E-state index is 12.5. The highest BCUT2D eigenvalue weighted by atomic mass is 16.6. The van der Waals surface area contributed by atoms with E-state index in [1.807, 2.05) is 0 Å². The van der Waals surface area contributed by atoms with Crippen molar-refractivity contribution in [3.8, 4) is 0 Å². The summed E-state index contributed by atoms with van der Waals surface area (Å²) < 4.78 is 15.9. The van der Waals surface area contributed by atoms with Crippen molar-refractivity contribution in [1.82, 2.24) is 0 Å². The highest BCUT2D eigenvalue weighted by molar-refractivity contribution is 5.90. The largest absolute Gasteiger partial charge is 0.457 e. The standard InChI is InChI=1S/C23H22O8/c1-14(24)30-20-17(13-29-22(27)15-8-4-2-5-9-15)12-18(25)19(26)21(20)31-23(28)16-10-6-3-7-11-16/h2-12,18-21,25-26H,13H2,1H3. The first-order valence-corrected chi connectivity index (χ1v) is 9.59. The van der Waals surface area contributed by atoms with E-state index < -0.39 is 42.3 Å². The molecule has 0 heterocycles. The Morgan fingerprint density at radius 1 is 0.839 bits per heavy atom. The van der Waals surface area contributed by atoms with Crippen LogP contribution in [-0.4, -0.2) is 59.1 Å². The topological polar surface area (TPSA) is 119 Å². The molecule has 0 amide bonds. The number of benzene rings is 2. The van der Waals surface area contributed by atoms with Gasteiger partial charge in [-0.15, -0.1) is 0 Å². The smallest absolute Gasteiger partial charge is 0.338 e. The molecule has 162 valence electrons. The van der Waals surface area contributed by atoms with Crippen LogP contribution in [-0.2, 0) is 19.0 Å². The molecule has 2 aromatic rings. The van der Waals surface area contributed by atoms with Crippen LogP contribution in [0.15, 0.2) is 72.3 Å². The molecular weight excluding hydrogens is 404 g/mol. The lowest BCUT2D eigenvalue weighted by molar-refractivity contribution is -0.160. The van der Waals surface area contributed by atoms with Gasteiger partial charge in [0.15, 0.2) is 12.2 Å². The van der Waals surface area contributed by atoms with E-state index in [1.165, 1.54) is 18.2 Å². The number of carbonyl (C=O) groups excluding carboxylic acids is 3. The molecule has 4 atom stereocenters. The van der Waals surface area contributed by atoms with Crippen molar-refractivity contribution >= 4 is 17.9 Å². The number of esters is 3. The van der Waals surface area contributed by atoms with Crippen molar-refractivity contribution in [2.75, 3.05) is 6.61 Å². The quantitative estimate of drug-likeness (QED) is 0.407. The van der Waals surface area contributed by atoms with Crippen molar-refractivity contribution in [2.45, 2.75) is 31.3 Å². The van der Waals surface area contributed by atoms with Gasteiger partial charge in [0.1, 0.15) is 18.8 Å². The summed E-state index contributed by atoms with van der Waals surface area (Å²) in [6.45, 7) is 0.815. The first kappa shape index (κ1) is 22.2. The van der Waals surface area contributed by atoms with Gasteiger partial charge in [0.2, 0.25) is 0 Å². The zero-order chi connectivity index (χ0) is 22.4. The maximum atomic E-state index is 12.5. The van der Waals surface area contributed by atoms with E-state index in [0.29, 0.717) is 5.56 Å². The minimum Gasteiger partial charge on any atom is -0.457 e. The van der Waals surface area contributed by atoms with Gasteiger partial charge in [0.25, 0.3) is 0 Å². The molecule has 2 aromatic carbocycles. The molecule has 31 heavy (non-hydrogen) atoms. The molecule has 0 aliphatic heterocycles. The summed E-state index contributed by atoms with van der Waals surface area (Å²) in [6, 6.07) is 16.3. The van der Waals surface area contributed by atoms with Crippen LogP contribution in [0.4, 0.5) is 0 Å². The zero-order valence-corrected chi connectivity index (χ0v) is 16.7. The molecule has 0 bridgehead atoms. The average Bonchev–Trinajstić information content (AvgIpc) is 2.78. The van der Waals surface area contributed by atoms with E-state index >= 15 is 0 Å². The number of carbonyl (C=O) groups is 3. The fourth-order valence-corrected chi connectivity index (χ4v) is 3.15. The Kier molecular flexibility index (Phi) is 7.17. The molecular formula is C23H22O8. The van der Waals surface area contributed by atoms with Crippen LogP contribution < -0.4 is 0 Å². The van der Waals surface area contributed by atoms with Gasteiger partial charge in [-0.2, -0.15) is 0 Å². The van der Waals surface area contributed by atoms with Crippen LogP contribution in [0.5, 0.6) is 0 Å². The van der Waals surface area contributed by atoms with Gasteiger partial charge >= 0.3 is 17.9 Å². The molecule has 0 saturated carbocycles. The Morgan fingerprint density at radius 2 is 1.39 bits per heavy atom. The molecule has 8 nitrogen and oxygen atoms in total. The van der Waals surface area contributed by atoms with Gasteiger partial charge in [-0.3, -0.25) is 4.79 Å². The Balaban J connectivity index is 1.80. The van der Waals surface area contributed by atoms with E-state index in [2.05, 4.69) is 0 Å². The summed E-state index contributed by atoms with van der Waals surface area (Å²) in [6.07, 6.45) is -4.39. The first-order chi connectivity index (χ1) is 14.9. The second kappa shape index (κ2) is 10.0. The molecule has 0 saturated heterocycles. The van der Waals surface area contributed by atoms with E-state index in [4.69, 9.17) is 14.2 Å². The molecule has 8 heteroatoms. The Labute approximate surface area is 178 Å². The van der Waals surface area contributed by atoms with Crippen molar-refractivity contribution in [1.29, 1.82) is 0 Å². The molecule has 1 aliphatic rings. The van der Waals surface area contributed by atoms with Crippen LogP contribution in [0, 0.1) is 0 Å². The molecule has 0 aromatic heterocycles. The van der Waals surface area contributed by atoms with E-state index in [1.54, 1.807) is 48.5 Å². The van der Waals surface area contributed by atoms with Crippen molar-refractivity contribution < 1.29 is 38.8 Å². The fourth-order valence-electron chi connectivity index (χ4n) is 3.15. The highest BCUT2D eigenvalue weighted by Crippen LogP contribution is 2.27. The molecule has 1 aliphatic carbocycles. The van der Waals surface area contributed by atoms with Crippen LogP contribution in [0.1, 0.15) is 27.6 Å². The summed E-state index contributed by atoms with van der Waals surface area (Å²) >= 11 is 0. The number of ether oxygens (including phenoxy) is 3. The van der Waals surface area contributed by atoms with Gasteiger partial charge < -0.3 is 24.4 Å². The summed E-state index contributed by atoms with van der Waals surface area (Å²) in [4.78, 5) is 36.4. The number of hydrogen-bond donors (Lipinski definition) is 2. The summed E-state index contributed by atoms with van der Waals surface area (Å²) in [5, 5.41) is 20.7. The third kappa shape index (κ3) is 5.56. The molecule has 4 unspecified atom stereocenters. The third-order valence-corrected chi connectivity index (χ3v) is 4.66. The lowest BCUT2D eigenvalue weighted by Crippen LogP contribution is -2.52. The maximum Gasteiger partial charge on any atom is 0.338 e. The lowest BCUT2D eigenvalue weighted by atomic mass is 9.89. The highest BCUT2D eigenvalue weighted by Gasteiger charge is 2.44. The number of aliphatic hydroxyl groups excluding tert-OH is 2. The SMILES string of the molecule is CC(=O)OC1C(COC(=O)c2ccccc2)=CC(O)C(O)C1OC(=O)c1ccccc1. The minimum absolute atomic E-state index is 0.183. The third-order valence-electron chi connectivity index (χ3n) is 4.66. The van der Waals surface area contributed by atoms with Crippen molar-refractivity contribution in [2.24, 2.45) is 0 Å². The predicted molar refractivity (Wildman–Crippen MR) is 108 cm³/mol. The Hall–Kier alpha value is -3.49. The number of hydrogen-bond acceptors (Lipinski definition) is 8. The van der Waals surface area contributed by atoms with E-state index in [-0.39, 0.29) is 17.7 Å². The Bertz CT molecular complexity index is 954. The van der Waals surface area contributed by atoms with E-state index in [9.17, 15) is 24.6 Å². The summed E-state index contributed by atoms with van der Waals surface area (Å²) in [5.41, 5.74) is 0.719. The van der Waals surface area contributed by atoms with Gasteiger partial charge in [0, 0.05) is 12.5 Å². The number of aliphatic hydroxyl groups is 2. The predicted octanol–water partition coefficient (Wildman–Crippen LogP) is 1.66. The second-order valence-corrected chi connectivity index (χ2v) is 6.93. The zero-order valence-electron chi connectivity index (χ0n) is 16.7. The van der Waals surface area contributed by atoms with Gasteiger partial charge in [-0.05, 0) is 30.3 Å². The van der Waals surface area contributed by atoms with Gasteiger partial charge in [0.05, 0.1) is 11.1 Å². The first-order valence-electron chi connectivity index (χ1n) is 9.59. The lowest BCUT2D eigenvalue weighted by Gasteiger charge is -2.36. The van der Waals surface area contributed by atoms with Crippen LogP contribution in [0.25, 0.3) is 0 Å². The minimum atomic E-state index is -1.55. The molecule has 0 spiro atoms. The van der Waals surface area contributed by atoms with Gasteiger partial charge in [-0.25, -0.2) is 9.59 Å². The molecule has 0 fully saturated rings. The van der Waals surface area contributed by atoms with Crippen LogP contribution in [0.3, 0.4) is 0 Å². The molecule has 3 rings (SSSR count). The van der Waals surface area contributed by atoms with Gasteiger partial charge in [-0.1, -0.05) is 36.4 Å². The van der Waals surface area contributed by atoms with Crippen LogP contribution >= 0.6 is 0 Å². The Morgan fingerprint density at radius 3 is 1.94 bits per heavy atom. The van der Waals surface area contributed by atoms with Crippen molar-refractivity contribution in [3.63, 3.8) is 0 Å². The van der Waals surface area contributed by atoms with Crippen LogP contribution in [0.2, 0.25) is 0 Å². The monoisotopic (exact) mass is 426 g/mol. The summed E-state index contributed by atoms with van der Waals surface area (Å²) in [5.74, 6) is -2.09. The van der Waals surface area contributed by atoms with E-state index in [0.717, 1.165) is 6.92 Å². The van der Waals surface area contributed by atoms with Crippen molar-refractivity contribution in [3.05, 3.63) is 83.4 Å². The normalized spacial score (nSPS) is 22.7. The fraction of sp³-hybridized carbons (Fsp3) is 0.261. The average molecular weight is 426 g/mol. The second-order valence-electron chi connectivity index (χ2n) is 6.93. The summed E-state index contributed by atoms with van der Waals surface area (Å²) in [7, 11) is 0.